The maximum absolute atomic E-state index is 8.55. The van der Waals surface area contributed by atoms with Crippen molar-refractivity contribution in [2.75, 3.05) is 18.0 Å². The van der Waals surface area contributed by atoms with Crippen LogP contribution in [0, 0.1) is 11.3 Å². The molecule has 0 saturated carbocycles. The van der Waals surface area contributed by atoms with E-state index in [1.165, 1.54) is 19.3 Å². The van der Waals surface area contributed by atoms with Gasteiger partial charge in [0.25, 0.3) is 5.95 Å². The van der Waals surface area contributed by atoms with Gasteiger partial charge >= 0.3 is 0 Å². The number of nitrogens with zero attached hydrogens (tertiary/aromatic N) is 4. The molecule has 0 radical (unpaired) electrons. The lowest BCUT2D eigenvalue weighted by Gasteiger charge is -2.24. The van der Waals surface area contributed by atoms with Gasteiger partial charge in [-0.3, -0.25) is 0 Å². The van der Waals surface area contributed by atoms with Crippen LogP contribution in [0.5, 0.6) is 0 Å². The minimum Gasteiger partial charge on any atom is -0.338 e. The first-order chi connectivity index (χ1) is 8.31. The van der Waals surface area contributed by atoms with E-state index in [9.17, 15) is 0 Å². The fourth-order valence-corrected chi connectivity index (χ4v) is 2.05. The topological polar surface area (TPSA) is 66.0 Å². The van der Waals surface area contributed by atoms with Crippen LogP contribution in [0.1, 0.15) is 50.8 Å². The van der Waals surface area contributed by atoms with E-state index in [1.54, 1.807) is 0 Å². The van der Waals surface area contributed by atoms with Crippen molar-refractivity contribution in [3.05, 3.63) is 5.89 Å². The second-order valence-corrected chi connectivity index (χ2v) is 4.58. The summed E-state index contributed by atoms with van der Waals surface area (Å²) in [7, 11) is 0. The molecular formula is C12H18N4O. The molecule has 0 aromatic carbocycles. The van der Waals surface area contributed by atoms with Crippen molar-refractivity contribution in [2.45, 2.75) is 44.9 Å². The molecule has 5 nitrogen and oxygen atoms in total. The summed E-state index contributed by atoms with van der Waals surface area (Å²) in [6, 6.07) is 2.14. The van der Waals surface area contributed by atoms with Crippen LogP contribution in [0.2, 0.25) is 0 Å². The number of hydrogen-bond donors (Lipinski definition) is 0. The van der Waals surface area contributed by atoms with E-state index >= 15 is 0 Å². The molecule has 2 rings (SSSR count). The van der Waals surface area contributed by atoms with Crippen molar-refractivity contribution in [3.63, 3.8) is 0 Å². The molecule has 0 bridgehead atoms. The molecule has 1 atom stereocenters. The molecule has 1 aliphatic rings. The van der Waals surface area contributed by atoms with Crippen molar-refractivity contribution in [1.29, 1.82) is 5.26 Å². The Morgan fingerprint density at radius 1 is 1.41 bits per heavy atom. The molecule has 0 amide bonds. The van der Waals surface area contributed by atoms with Crippen LogP contribution < -0.4 is 4.90 Å². The molecule has 1 unspecified atom stereocenters. The van der Waals surface area contributed by atoms with Crippen LogP contribution in [-0.2, 0) is 0 Å². The van der Waals surface area contributed by atoms with Crippen molar-refractivity contribution >= 4 is 5.95 Å². The van der Waals surface area contributed by atoms with E-state index in [0.29, 0.717) is 18.3 Å². The first-order valence-corrected chi connectivity index (χ1v) is 6.27. The maximum atomic E-state index is 8.55. The third-order valence-corrected chi connectivity index (χ3v) is 3.18. The third-order valence-electron chi connectivity index (χ3n) is 3.18. The lowest BCUT2D eigenvalue weighted by Crippen LogP contribution is -2.30. The summed E-state index contributed by atoms with van der Waals surface area (Å²) in [6.07, 6.45) is 5.00. The summed E-state index contributed by atoms with van der Waals surface area (Å²) >= 11 is 0. The smallest absolute Gasteiger partial charge is 0.266 e. The van der Waals surface area contributed by atoms with E-state index in [-0.39, 0.29) is 5.92 Å². The number of rotatable bonds is 4. The fourth-order valence-electron chi connectivity index (χ4n) is 2.05. The van der Waals surface area contributed by atoms with Crippen LogP contribution in [0.4, 0.5) is 5.95 Å². The number of piperidine rings is 1. The second kappa shape index (κ2) is 5.67. The molecule has 1 saturated heterocycles. The number of hydrogen-bond acceptors (Lipinski definition) is 5. The lowest BCUT2D eigenvalue weighted by molar-refractivity contribution is 0.353. The van der Waals surface area contributed by atoms with E-state index in [4.69, 9.17) is 9.78 Å². The van der Waals surface area contributed by atoms with Gasteiger partial charge in [-0.25, -0.2) is 0 Å². The molecular weight excluding hydrogens is 216 g/mol. The Labute approximate surface area is 101 Å². The van der Waals surface area contributed by atoms with Crippen LogP contribution >= 0.6 is 0 Å². The first kappa shape index (κ1) is 11.9. The van der Waals surface area contributed by atoms with Crippen molar-refractivity contribution in [2.24, 2.45) is 0 Å². The quantitative estimate of drug-likeness (QED) is 0.800. The Hall–Kier alpha value is -1.57. The Kier molecular flexibility index (Phi) is 3.97. The van der Waals surface area contributed by atoms with Gasteiger partial charge in [0.05, 0.1) is 6.07 Å². The van der Waals surface area contributed by atoms with Gasteiger partial charge in [0.1, 0.15) is 0 Å². The number of anilines is 1. The Morgan fingerprint density at radius 3 is 2.88 bits per heavy atom. The Morgan fingerprint density at radius 2 is 2.18 bits per heavy atom. The highest BCUT2D eigenvalue weighted by Gasteiger charge is 2.19. The van der Waals surface area contributed by atoms with E-state index in [1.807, 2.05) is 6.92 Å². The van der Waals surface area contributed by atoms with Crippen molar-refractivity contribution in [3.8, 4) is 6.07 Å². The molecule has 0 aliphatic carbocycles. The molecule has 5 heteroatoms. The van der Waals surface area contributed by atoms with Gasteiger partial charge in [0, 0.05) is 25.4 Å². The zero-order valence-electron chi connectivity index (χ0n) is 10.2. The zero-order chi connectivity index (χ0) is 12.1. The number of aromatic nitrogens is 2. The predicted molar refractivity (Wildman–Crippen MR) is 63.6 cm³/mol. The predicted octanol–water partition coefficient (Wildman–Crippen LogP) is 2.47. The molecule has 0 N–H and O–H groups in total. The van der Waals surface area contributed by atoms with Crippen LogP contribution in [0.15, 0.2) is 4.52 Å². The van der Waals surface area contributed by atoms with Crippen LogP contribution in [0.3, 0.4) is 0 Å². The molecule has 2 heterocycles. The van der Waals surface area contributed by atoms with Crippen LogP contribution in [0.25, 0.3) is 0 Å². The minimum atomic E-state index is 0.167. The average Bonchev–Trinajstić information content (AvgIpc) is 2.86. The fraction of sp³-hybridized carbons (Fsp3) is 0.750. The summed E-state index contributed by atoms with van der Waals surface area (Å²) in [6.45, 7) is 4.06. The lowest BCUT2D eigenvalue weighted by atomic mass is 10.1. The summed E-state index contributed by atoms with van der Waals surface area (Å²) in [5, 5.41) is 12.6. The molecule has 17 heavy (non-hydrogen) atoms. The second-order valence-electron chi connectivity index (χ2n) is 4.58. The van der Waals surface area contributed by atoms with Crippen molar-refractivity contribution in [1.82, 2.24) is 10.1 Å². The summed E-state index contributed by atoms with van der Waals surface area (Å²) < 4.78 is 5.26. The molecule has 92 valence electrons. The highest BCUT2D eigenvalue weighted by Crippen LogP contribution is 2.22. The van der Waals surface area contributed by atoms with Crippen molar-refractivity contribution < 1.29 is 4.52 Å². The van der Waals surface area contributed by atoms with Gasteiger partial charge in [-0.15, -0.1) is 0 Å². The van der Waals surface area contributed by atoms with Gasteiger partial charge < -0.3 is 9.42 Å². The Bertz CT molecular complexity index is 389. The maximum Gasteiger partial charge on any atom is 0.266 e. The van der Waals surface area contributed by atoms with E-state index in [0.717, 1.165) is 19.5 Å². The highest BCUT2D eigenvalue weighted by molar-refractivity contribution is 5.28. The monoisotopic (exact) mass is 234 g/mol. The SMILES string of the molecule is CC(CCC#N)c1nc(N2CCCCC2)no1. The summed E-state index contributed by atoms with van der Waals surface area (Å²) in [4.78, 5) is 6.60. The summed E-state index contributed by atoms with van der Waals surface area (Å²) in [5.41, 5.74) is 0. The third kappa shape index (κ3) is 2.96. The standard InChI is InChI=1S/C12H18N4O/c1-10(6-5-7-13)11-14-12(15-17-11)16-8-3-2-4-9-16/h10H,2-6,8-9H2,1H3. The largest absolute Gasteiger partial charge is 0.338 e. The molecule has 1 aromatic heterocycles. The minimum absolute atomic E-state index is 0.167. The molecule has 1 aromatic rings. The van der Waals surface area contributed by atoms with E-state index < -0.39 is 0 Å². The molecule has 1 aliphatic heterocycles. The zero-order valence-corrected chi connectivity index (χ0v) is 10.2. The first-order valence-electron chi connectivity index (χ1n) is 6.27. The van der Waals surface area contributed by atoms with E-state index in [2.05, 4.69) is 21.1 Å². The van der Waals surface area contributed by atoms with Gasteiger partial charge in [-0.2, -0.15) is 10.2 Å². The molecule has 1 fully saturated rings. The molecule has 0 spiro atoms. The van der Waals surface area contributed by atoms with Crippen LogP contribution in [-0.4, -0.2) is 23.2 Å². The number of nitriles is 1. The van der Waals surface area contributed by atoms with Gasteiger partial charge in [-0.1, -0.05) is 6.92 Å². The van der Waals surface area contributed by atoms with Gasteiger partial charge in [-0.05, 0) is 30.8 Å². The Balaban J connectivity index is 1.97. The van der Waals surface area contributed by atoms with Gasteiger partial charge in [0.15, 0.2) is 0 Å². The normalized spacial score (nSPS) is 17.8. The average molecular weight is 234 g/mol. The summed E-state index contributed by atoms with van der Waals surface area (Å²) in [5.74, 6) is 1.53. The highest BCUT2D eigenvalue weighted by atomic mass is 16.5. The van der Waals surface area contributed by atoms with Gasteiger partial charge in [0.2, 0.25) is 5.89 Å².